The van der Waals surface area contributed by atoms with Gasteiger partial charge in [0.25, 0.3) is 0 Å². The maximum Gasteiger partial charge on any atom is 0.227 e. The van der Waals surface area contributed by atoms with Crippen molar-refractivity contribution in [1.29, 1.82) is 0 Å². The Morgan fingerprint density at radius 1 is 1.14 bits per heavy atom. The van der Waals surface area contributed by atoms with Gasteiger partial charge in [-0.1, -0.05) is 6.08 Å². The van der Waals surface area contributed by atoms with Gasteiger partial charge in [-0.2, -0.15) is 0 Å². The highest BCUT2D eigenvalue weighted by molar-refractivity contribution is 6.08. The maximum atomic E-state index is 12.4. The predicted molar refractivity (Wildman–Crippen MR) is 113 cm³/mol. The van der Waals surface area contributed by atoms with Gasteiger partial charge in [-0.25, -0.2) is 9.97 Å². The summed E-state index contributed by atoms with van der Waals surface area (Å²) in [5.74, 6) is 0.602. The molecule has 2 heterocycles. The molecule has 0 amide bonds. The van der Waals surface area contributed by atoms with Crippen molar-refractivity contribution in [3.63, 3.8) is 0 Å². The van der Waals surface area contributed by atoms with Crippen molar-refractivity contribution in [3.05, 3.63) is 59.4 Å². The lowest BCUT2D eigenvalue weighted by Crippen LogP contribution is -2.21. The van der Waals surface area contributed by atoms with Crippen LogP contribution in [0.15, 0.2) is 53.2 Å². The van der Waals surface area contributed by atoms with Crippen LogP contribution in [0.1, 0.15) is 31.5 Å². The highest BCUT2D eigenvalue weighted by Crippen LogP contribution is 2.32. The molecule has 142 valence electrons. The molecule has 28 heavy (non-hydrogen) atoms. The Kier molecular flexibility index (Phi) is 5.02. The first-order chi connectivity index (χ1) is 13.7. The Morgan fingerprint density at radius 3 is 2.68 bits per heavy atom. The fourth-order valence-corrected chi connectivity index (χ4v) is 3.54. The number of nitrogens with zero attached hydrogens (tertiary/aromatic N) is 4. The Bertz CT molecular complexity index is 984. The third kappa shape index (κ3) is 3.45. The van der Waals surface area contributed by atoms with Crippen LogP contribution in [0.2, 0.25) is 0 Å². The number of Topliss-reactive ketones (excluding diaryl/α,β-unsaturated/α-hetero) is 1. The zero-order valence-electron chi connectivity index (χ0n) is 16.1. The molecule has 4 rings (SSSR count). The number of carbonyl (C=O) groups is 1. The van der Waals surface area contributed by atoms with Crippen LogP contribution in [0.25, 0.3) is 5.70 Å². The normalized spacial score (nSPS) is 15.1. The summed E-state index contributed by atoms with van der Waals surface area (Å²) in [6.45, 7) is 6.25. The Labute approximate surface area is 164 Å². The summed E-state index contributed by atoms with van der Waals surface area (Å²) in [6.07, 6.45) is 8.18. The smallest absolute Gasteiger partial charge is 0.227 e. The molecule has 2 aliphatic rings. The van der Waals surface area contributed by atoms with Gasteiger partial charge >= 0.3 is 0 Å². The number of aromatic nitrogens is 2. The molecule has 1 aromatic carbocycles. The summed E-state index contributed by atoms with van der Waals surface area (Å²) < 4.78 is 0. The predicted octanol–water partition coefficient (Wildman–Crippen LogP) is 3.93. The number of allylic oxidation sites excluding steroid dienone is 3. The van der Waals surface area contributed by atoms with E-state index in [9.17, 15) is 4.79 Å². The number of benzene rings is 1. The minimum Gasteiger partial charge on any atom is -0.372 e. The van der Waals surface area contributed by atoms with E-state index in [1.165, 1.54) is 5.69 Å². The average Bonchev–Trinajstić information content (AvgIpc) is 2.98. The summed E-state index contributed by atoms with van der Waals surface area (Å²) in [4.78, 5) is 28.2. The molecule has 0 saturated heterocycles. The topological polar surface area (TPSA) is 70.5 Å². The Hall–Kier alpha value is -3.28. The number of rotatable bonds is 5. The lowest BCUT2D eigenvalue weighted by molar-refractivity contribution is -0.115. The SMILES string of the molecule is CCN(CC)c1ccc(Nc2ncc3c(n2)C2=C(CC=CC=N2)C(=O)C3)cc1. The molecule has 0 saturated carbocycles. The van der Waals surface area contributed by atoms with Crippen LogP contribution in [-0.2, 0) is 11.2 Å². The molecule has 2 aromatic rings. The number of fused-ring (bicyclic) bond motifs is 2. The van der Waals surface area contributed by atoms with Gasteiger partial charge in [0.2, 0.25) is 5.95 Å². The van der Waals surface area contributed by atoms with Crippen LogP contribution in [-0.4, -0.2) is 35.1 Å². The zero-order chi connectivity index (χ0) is 19.5. The molecule has 0 atom stereocenters. The van der Waals surface area contributed by atoms with Gasteiger partial charge in [-0.15, -0.1) is 0 Å². The molecule has 0 unspecified atom stereocenters. The number of hydrogen-bond donors (Lipinski definition) is 1. The van der Waals surface area contributed by atoms with E-state index in [0.717, 1.165) is 35.6 Å². The van der Waals surface area contributed by atoms with Gasteiger partial charge in [-0.3, -0.25) is 9.79 Å². The van der Waals surface area contributed by atoms with Crippen molar-refractivity contribution in [1.82, 2.24) is 9.97 Å². The number of hydrogen-bond acceptors (Lipinski definition) is 6. The van der Waals surface area contributed by atoms with E-state index in [-0.39, 0.29) is 5.78 Å². The molecule has 0 radical (unpaired) electrons. The van der Waals surface area contributed by atoms with Gasteiger partial charge in [0, 0.05) is 54.4 Å². The standard InChI is InChI=1S/C22H23N5O/c1-3-27(4-2)17-10-8-16(9-11-17)25-22-24-14-15-13-19(28)18-7-5-6-12-23-21(18)20(15)26-22/h5-6,8-12,14H,3-4,7,13H2,1-2H3,(H,24,25,26). The van der Waals surface area contributed by atoms with Gasteiger partial charge in [0.05, 0.1) is 11.4 Å². The highest BCUT2D eigenvalue weighted by Gasteiger charge is 2.27. The van der Waals surface area contributed by atoms with Crippen LogP contribution < -0.4 is 10.2 Å². The van der Waals surface area contributed by atoms with E-state index in [4.69, 9.17) is 0 Å². The fraction of sp³-hybridized carbons (Fsp3) is 0.273. The largest absolute Gasteiger partial charge is 0.372 e. The number of ketones is 1. The van der Waals surface area contributed by atoms with Crippen LogP contribution >= 0.6 is 0 Å². The number of carbonyl (C=O) groups excluding carboxylic acids is 1. The zero-order valence-corrected chi connectivity index (χ0v) is 16.1. The van der Waals surface area contributed by atoms with Crippen molar-refractivity contribution in [3.8, 4) is 0 Å². The third-order valence-electron chi connectivity index (χ3n) is 5.06. The average molecular weight is 373 g/mol. The van der Waals surface area contributed by atoms with Gasteiger partial charge in [0.1, 0.15) is 0 Å². The van der Waals surface area contributed by atoms with Crippen LogP contribution in [0.4, 0.5) is 17.3 Å². The Balaban J connectivity index is 1.61. The summed E-state index contributed by atoms with van der Waals surface area (Å²) in [5.41, 5.74) is 5.07. The van der Waals surface area contributed by atoms with E-state index in [0.29, 0.717) is 24.5 Å². The first kappa shape index (κ1) is 18.1. The fourth-order valence-electron chi connectivity index (χ4n) is 3.54. The van der Waals surface area contributed by atoms with E-state index >= 15 is 0 Å². The molecule has 1 aromatic heterocycles. The lowest BCUT2D eigenvalue weighted by atomic mass is 9.91. The number of anilines is 3. The number of aliphatic imine (C=N–C) groups is 1. The molecule has 0 bridgehead atoms. The highest BCUT2D eigenvalue weighted by atomic mass is 16.1. The van der Waals surface area contributed by atoms with Crippen molar-refractivity contribution in [2.75, 3.05) is 23.3 Å². The van der Waals surface area contributed by atoms with Gasteiger partial charge < -0.3 is 10.2 Å². The van der Waals surface area contributed by atoms with E-state index in [2.05, 4.69) is 51.2 Å². The van der Waals surface area contributed by atoms with Crippen LogP contribution in [0.5, 0.6) is 0 Å². The van der Waals surface area contributed by atoms with E-state index in [1.807, 2.05) is 24.3 Å². The van der Waals surface area contributed by atoms with Crippen molar-refractivity contribution in [2.24, 2.45) is 4.99 Å². The van der Waals surface area contributed by atoms with Crippen molar-refractivity contribution < 1.29 is 4.79 Å². The minimum atomic E-state index is 0.0995. The molecule has 1 N–H and O–H groups in total. The van der Waals surface area contributed by atoms with Gasteiger partial charge in [-0.05, 0) is 50.6 Å². The number of nitrogens with one attached hydrogen (secondary N) is 1. The minimum absolute atomic E-state index is 0.0995. The molecule has 0 fully saturated rings. The monoisotopic (exact) mass is 373 g/mol. The molecular weight excluding hydrogens is 350 g/mol. The van der Waals surface area contributed by atoms with Gasteiger partial charge in [0.15, 0.2) is 5.78 Å². The van der Waals surface area contributed by atoms with Crippen LogP contribution in [0, 0.1) is 0 Å². The quantitative estimate of drug-likeness (QED) is 0.860. The maximum absolute atomic E-state index is 12.4. The first-order valence-corrected chi connectivity index (χ1v) is 9.63. The summed E-state index contributed by atoms with van der Waals surface area (Å²) in [6, 6.07) is 8.24. The summed E-state index contributed by atoms with van der Waals surface area (Å²) in [5, 5.41) is 3.26. The van der Waals surface area contributed by atoms with E-state index < -0.39 is 0 Å². The molecular formula is C22H23N5O. The molecule has 1 aliphatic carbocycles. The van der Waals surface area contributed by atoms with Crippen LogP contribution in [0.3, 0.4) is 0 Å². The second-order valence-corrected chi connectivity index (χ2v) is 6.75. The van der Waals surface area contributed by atoms with Crippen molar-refractivity contribution in [2.45, 2.75) is 26.7 Å². The second kappa shape index (κ2) is 7.76. The summed E-state index contributed by atoms with van der Waals surface area (Å²) in [7, 11) is 0. The lowest BCUT2D eigenvalue weighted by Gasteiger charge is -2.21. The molecule has 6 heteroatoms. The third-order valence-corrected chi connectivity index (χ3v) is 5.06. The van der Waals surface area contributed by atoms with E-state index in [1.54, 1.807) is 12.4 Å². The Morgan fingerprint density at radius 2 is 1.93 bits per heavy atom. The van der Waals surface area contributed by atoms with Crippen molar-refractivity contribution >= 4 is 35.0 Å². The molecule has 6 nitrogen and oxygen atoms in total. The summed E-state index contributed by atoms with van der Waals surface area (Å²) >= 11 is 0. The molecule has 0 spiro atoms. The second-order valence-electron chi connectivity index (χ2n) is 6.75. The molecule has 1 aliphatic heterocycles. The first-order valence-electron chi connectivity index (χ1n) is 9.63.